The predicted octanol–water partition coefficient (Wildman–Crippen LogP) is 2.89. The van der Waals surface area contributed by atoms with E-state index in [-0.39, 0.29) is 10.7 Å². The van der Waals surface area contributed by atoms with Crippen LogP contribution in [0.1, 0.15) is 38.2 Å². The van der Waals surface area contributed by atoms with Gasteiger partial charge in [-0.25, -0.2) is 12.7 Å². The van der Waals surface area contributed by atoms with Gasteiger partial charge in [-0.15, -0.1) is 0 Å². The lowest BCUT2D eigenvalue weighted by atomic mass is 9.78. The Labute approximate surface area is 139 Å². The fourth-order valence-electron chi connectivity index (χ4n) is 3.84. The summed E-state index contributed by atoms with van der Waals surface area (Å²) in [5.41, 5.74) is 0.845. The van der Waals surface area contributed by atoms with Crippen LogP contribution in [0.5, 0.6) is 0 Å². The van der Waals surface area contributed by atoms with E-state index >= 15 is 0 Å². The van der Waals surface area contributed by atoms with Crippen molar-refractivity contribution in [3.05, 3.63) is 35.9 Å². The molecule has 0 saturated carbocycles. The van der Waals surface area contributed by atoms with Gasteiger partial charge in [0.1, 0.15) is 0 Å². The summed E-state index contributed by atoms with van der Waals surface area (Å²) in [6.07, 6.45) is 6.19. The number of sulfonamides is 1. The molecule has 2 atom stereocenters. The van der Waals surface area contributed by atoms with Gasteiger partial charge < -0.3 is 0 Å². The summed E-state index contributed by atoms with van der Waals surface area (Å²) in [6, 6.07) is 10.2. The molecule has 2 heterocycles. The lowest BCUT2D eigenvalue weighted by molar-refractivity contribution is 0.279. The molecule has 2 aliphatic heterocycles. The summed E-state index contributed by atoms with van der Waals surface area (Å²) in [5, 5.41) is -0.370. The topological polar surface area (TPSA) is 49.7 Å². The van der Waals surface area contributed by atoms with Crippen molar-refractivity contribution in [3.8, 4) is 0 Å². The molecular formula is C18H26N2O2S. The molecule has 1 aromatic carbocycles. The van der Waals surface area contributed by atoms with Crippen LogP contribution in [0.2, 0.25) is 0 Å². The average molecular weight is 334 g/mol. The number of nitrogens with zero attached hydrogens (tertiary/aromatic N) is 2. The second-order valence-corrected chi connectivity index (χ2v) is 9.18. The molecule has 1 unspecified atom stereocenters. The zero-order valence-corrected chi connectivity index (χ0v) is 14.6. The van der Waals surface area contributed by atoms with Crippen molar-refractivity contribution in [1.29, 1.82) is 0 Å². The van der Waals surface area contributed by atoms with E-state index in [0.717, 1.165) is 25.7 Å². The van der Waals surface area contributed by atoms with Crippen LogP contribution in [-0.4, -0.2) is 43.8 Å². The first kappa shape index (κ1) is 16.7. The Bertz CT molecular complexity index is 651. The first-order valence-corrected chi connectivity index (χ1v) is 10.0. The van der Waals surface area contributed by atoms with Crippen molar-refractivity contribution >= 4 is 16.2 Å². The smallest absolute Gasteiger partial charge is 0.217 e. The van der Waals surface area contributed by atoms with Gasteiger partial charge in [-0.1, -0.05) is 43.7 Å². The van der Waals surface area contributed by atoms with Crippen LogP contribution in [-0.2, 0) is 16.4 Å². The molecule has 3 rings (SSSR count). The third-order valence-corrected chi connectivity index (χ3v) is 7.73. The third kappa shape index (κ3) is 3.50. The van der Waals surface area contributed by atoms with E-state index in [1.165, 1.54) is 5.56 Å². The molecule has 2 aliphatic rings. The summed E-state index contributed by atoms with van der Waals surface area (Å²) in [6.45, 7) is 4.02. The summed E-state index contributed by atoms with van der Waals surface area (Å²) in [7, 11) is -3.27. The molecule has 0 aliphatic carbocycles. The van der Waals surface area contributed by atoms with Gasteiger partial charge in [-0.05, 0) is 24.8 Å². The van der Waals surface area contributed by atoms with Crippen molar-refractivity contribution in [3.63, 3.8) is 0 Å². The Hall–Kier alpha value is -1.20. The Morgan fingerprint density at radius 3 is 2.57 bits per heavy atom. The highest BCUT2D eigenvalue weighted by molar-refractivity contribution is 7.89. The Kier molecular flexibility index (Phi) is 4.87. The minimum atomic E-state index is -3.27. The number of benzene rings is 1. The molecule has 0 spiro atoms. The normalized spacial score (nSPS) is 29.5. The molecule has 5 heteroatoms. The first-order chi connectivity index (χ1) is 11.0. The SMILES string of the molecule is C[C@@]1(Cc2ccccc2)CN=CCC1S(=O)(=O)N1CCCCC1. The van der Waals surface area contributed by atoms with Crippen molar-refractivity contribution in [1.82, 2.24) is 4.31 Å². The molecule has 1 aromatic rings. The van der Waals surface area contributed by atoms with E-state index < -0.39 is 10.0 Å². The van der Waals surface area contributed by atoms with Gasteiger partial charge >= 0.3 is 0 Å². The summed E-state index contributed by atoms with van der Waals surface area (Å²) in [5.74, 6) is 0. The maximum absolute atomic E-state index is 13.2. The fourth-order valence-corrected chi connectivity index (χ4v) is 6.18. The molecule has 1 fully saturated rings. The zero-order valence-electron chi connectivity index (χ0n) is 13.8. The molecular weight excluding hydrogens is 308 g/mol. The first-order valence-electron chi connectivity index (χ1n) is 8.54. The van der Waals surface area contributed by atoms with E-state index in [4.69, 9.17) is 0 Å². The van der Waals surface area contributed by atoms with E-state index in [1.54, 1.807) is 10.5 Å². The highest BCUT2D eigenvalue weighted by Crippen LogP contribution is 2.37. The van der Waals surface area contributed by atoms with Gasteiger partial charge in [0.05, 0.1) is 5.25 Å². The minimum absolute atomic E-state index is 0.341. The molecule has 1 saturated heterocycles. The molecule has 0 radical (unpaired) electrons. The minimum Gasteiger partial charge on any atom is -0.297 e. The number of piperidine rings is 1. The van der Waals surface area contributed by atoms with Crippen LogP contribution in [0.3, 0.4) is 0 Å². The third-order valence-electron chi connectivity index (χ3n) is 5.16. The molecule has 126 valence electrons. The summed E-state index contributed by atoms with van der Waals surface area (Å²) in [4.78, 5) is 4.43. The van der Waals surface area contributed by atoms with Gasteiger partial charge in [0.25, 0.3) is 0 Å². The van der Waals surface area contributed by atoms with Crippen LogP contribution in [0.25, 0.3) is 0 Å². The van der Waals surface area contributed by atoms with Crippen LogP contribution in [0, 0.1) is 5.41 Å². The maximum Gasteiger partial charge on any atom is 0.217 e. The molecule has 23 heavy (non-hydrogen) atoms. The van der Waals surface area contributed by atoms with E-state index in [2.05, 4.69) is 24.0 Å². The van der Waals surface area contributed by atoms with E-state index in [0.29, 0.717) is 26.1 Å². The highest BCUT2D eigenvalue weighted by atomic mass is 32.2. The quantitative estimate of drug-likeness (QED) is 0.850. The lowest BCUT2D eigenvalue weighted by Crippen LogP contribution is -2.51. The molecule has 0 N–H and O–H groups in total. The molecule has 0 aromatic heterocycles. The Balaban J connectivity index is 1.87. The van der Waals surface area contributed by atoms with Crippen molar-refractivity contribution < 1.29 is 8.42 Å². The Morgan fingerprint density at radius 2 is 1.87 bits per heavy atom. The highest BCUT2D eigenvalue weighted by Gasteiger charge is 2.46. The fraction of sp³-hybridized carbons (Fsp3) is 0.611. The number of hydrogen-bond donors (Lipinski definition) is 0. The van der Waals surface area contributed by atoms with Crippen LogP contribution < -0.4 is 0 Å². The van der Waals surface area contributed by atoms with Gasteiger partial charge in [0.15, 0.2) is 0 Å². The van der Waals surface area contributed by atoms with Crippen molar-refractivity contribution in [2.24, 2.45) is 10.4 Å². The summed E-state index contributed by atoms with van der Waals surface area (Å²) >= 11 is 0. The van der Waals surface area contributed by atoms with Gasteiger partial charge in [0, 0.05) is 37.7 Å². The van der Waals surface area contributed by atoms with Crippen LogP contribution in [0.15, 0.2) is 35.3 Å². The van der Waals surface area contributed by atoms with E-state index in [9.17, 15) is 8.42 Å². The number of aliphatic imine (C=N–C) groups is 1. The average Bonchev–Trinajstić information content (AvgIpc) is 2.56. The van der Waals surface area contributed by atoms with Crippen LogP contribution >= 0.6 is 0 Å². The van der Waals surface area contributed by atoms with Crippen LogP contribution in [0.4, 0.5) is 0 Å². The zero-order chi connectivity index (χ0) is 16.3. The van der Waals surface area contributed by atoms with Crippen molar-refractivity contribution in [2.75, 3.05) is 19.6 Å². The second-order valence-electron chi connectivity index (χ2n) is 7.07. The van der Waals surface area contributed by atoms with Crippen molar-refractivity contribution in [2.45, 2.75) is 44.3 Å². The Morgan fingerprint density at radius 1 is 1.17 bits per heavy atom. The molecule has 0 bridgehead atoms. The van der Waals surface area contributed by atoms with Gasteiger partial charge in [-0.3, -0.25) is 4.99 Å². The number of hydrogen-bond acceptors (Lipinski definition) is 3. The monoisotopic (exact) mass is 334 g/mol. The lowest BCUT2D eigenvalue weighted by Gasteiger charge is -2.41. The maximum atomic E-state index is 13.2. The van der Waals surface area contributed by atoms with Gasteiger partial charge in [0.2, 0.25) is 10.0 Å². The largest absolute Gasteiger partial charge is 0.297 e. The van der Waals surface area contributed by atoms with Gasteiger partial charge in [-0.2, -0.15) is 0 Å². The predicted molar refractivity (Wildman–Crippen MR) is 94.4 cm³/mol. The molecule has 4 nitrogen and oxygen atoms in total. The van der Waals surface area contributed by atoms with E-state index in [1.807, 2.05) is 18.2 Å². The standard InChI is InChI=1S/C18H26N2O2S/c1-18(14-16-8-4-2-5-9-16)15-19-11-10-17(18)23(21,22)20-12-6-3-7-13-20/h2,4-5,8-9,11,17H,3,6-7,10,12-15H2,1H3/t17?,18-/m1/s1. The molecule has 0 amide bonds. The second kappa shape index (κ2) is 6.73. The number of rotatable bonds is 4. The summed E-state index contributed by atoms with van der Waals surface area (Å²) < 4.78 is 28.1.